The molecular weight excluding hydrogens is 174 g/mol. The number of nitrogens with two attached hydrogens (primary N) is 1. The molecule has 0 amide bonds. The molecule has 0 aliphatic rings. The van der Waals surface area contributed by atoms with Gasteiger partial charge in [0.25, 0.3) is 0 Å². The molecule has 0 aromatic heterocycles. The zero-order valence-corrected chi connectivity index (χ0v) is 7.95. The van der Waals surface area contributed by atoms with Crippen LogP contribution in [0.25, 0.3) is 0 Å². The summed E-state index contributed by atoms with van der Waals surface area (Å²) in [4.78, 5) is 15.0. The second kappa shape index (κ2) is 9.60. The number of carbonyl (C=O) groups excluding carboxylic acids is 1. The van der Waals surface area contributed by atoms with Crippen LogP contribution in [0.15, 0.2) is 0 Å². The maximum absolute atomic E-state index is 10.7. The molecule has 0 rings (SSSR count). The van der Waals surface area contributed by atoms with E-state index in [4.69, 9.17) is 15.4 Å². The zero-order chi connectivity index (χ0) is 9.94. The second-order valence-corrected chi connectivity index (χ2v) is 2.43. The van der Waals surface area contributed by atoms with E-state index < -0.39 is 0 Å². The van der Waals surface area contributed by atoms with E-state index >= 15 is 0 Å². The van der Waals surface area contributed by atoms with Crippen LogP contribution in [0.4, 0.5) is 0 Å². The Morgan fingerprint density at radius 1 is 1.15 bits per heavy atom. The molecule has 0 fully saturated rings. The first-order chi connectivity index (χ1) is 6.31. The van der Waals surface area contributed by atoms with Gasteiger partial charge in [-0.05, 0) is 0 Å². The molecule has 0 aromatic carbocycles. The molecule has 0 aliphatic heterocycles. The largest absolute Gasteiger partial charge is 0.377 e. The summed E-state index contributed by atoms with van der Waals surface area (Å²) in [7, 11) is 0. The summed E-state index contributed by atoms with van der Waals surface area (Å²) in [6.07, 6.45) is 0.516. The number of carbonyl (C=O) groups is 1. The van der Waals surface area contributed by atoms with Crippen LogP contribution in [-0.2, 0) is 19.1 Å². The second-order valence-electron chi connectivity index (χ2n) is 2.43. The van der Waals surface area contributed by atoms with Crippen molar-refractivity contribution >= 4 is 5.78 Å². The van der Waals surface area contributed by atoms with Crippen LogP contribution in [-0.4, -0.2) is 38.8 Å². The van der Waals surface area contributed by atoms with E-state index in [0.717, 1.165) is 0 Å². The standard InChI is InChI=1S/C8H17NO4/c1-2-8(10)7-12-4-3-11-5-6-13-9/h2-7,9H2,1H3. The molecule has 0 bridgehead atoms. The Bertz CT molecular complexity index is 129. The summed E-state index contributed by atoms with van der Waals surface area (Å²) in [6, 6.07) is 0. The molecule has 0 saturated heterocycles. The summed E-state index contributed by atoms with van der Waals surface area (Å²) < 4.78 is 10.1. The van der Waals surface area contributed by atoms with E-state index in [2.05, 4.69) is 4.84 Å². The first-order valence-corrected chi connectivity index (χ1v) is 4.30. The predicted molar refractivity (Wildman–Crippen MR) is 47.1 cm³/mol. The fraction of sp³-hybridized carbons (Fsp3) is 0.875. The van der Waals surface area contributed by atoms with E-state index in [1.54, 1.807) is 6.92 Å². The van der Waals surface area contributed by atoms with Crippen molar-refractivity contribution in [2.75, 3.05) is 33.0 Å². The van der Waals surface area contributed by atoms with Crippen molar-refractivity contribution in [3.63, 3.8) is 0 Å². The first-order valence-electron chi connectivity index (χ1n) is 4.30. The molecule has 5 nitrogen and oxygen atoms in total. The average Bonchev–Trinajstić information content (AvgIpc) is 2.16. The van der Waals surface area contributed by atoms with Crippen molar-refractivity contribution in [2.24, 2.45) is 5.90 Å². The number of rotatable bonds is 9. The molecule has 13 heavy (non-hydrogen) atoms. The molecule has 0 spiro atoms. The van der Waals surface area contributed by atoms with Crippen LogP contribution in [0.3, 0.4) is 0 Å². The SMILES string of the molecule is CCC(=O)COCCOCCON. The van der Waals surface area contributed by atoms with Gasteiger partial charge in [0.2, 0.25) is 0 Å². The molecule has 0 aliphatic carbocycles. The van der Waals surface area contributed by atoms with Crippen molar-refractivity contribution in [3.8, 4) is 0 Å². The number of hydrogen-bond acceptors (Lipinski definition) is 5. The normalized spacial score (nSPS) is 10.3. The zero-order valence-electron chi connectivity index (χ0n) is 7.95. The lowest BCUT2D eigenvalue weighted by molar-refractivity contribution is -0.123. The van der Waals surface area contributed by atoms with Gasteiger partial charge in [0.05, 0.1) is 26.4 Å². The molecular formula is C8H17NO4. The first kappa shape index (κ1) is 12.5. The Morgan fingerprint density at radius 3 is 2.38 bits per heavy atom. The molecule has 78 valence electrons. The molecule has 0 saturated carbocycles. The van der Waals surface area contributed by atoms with E-state index in [-0.39, 0.29) is 12.4 Å². The summed E-state index contributed by atoms with van der Waals surface area (Å²) in [5, 5.41) is 0. The van der Waals surface area contributed by atoms with Gasteiger partial charge in [0.1, 0.15) is 6.61 Å². The van der Waals surface area contributed by atoms with Crippen LogP contribution in [0.5, 0.6) is 0 Å². The Kier molecular flexibility index (Phi) is 9.24. The third-order valence-corrected chi connectivity index (χ3v) is 1.37. The lowest BCUT2D eigenvalue weighted by Crippen LogP contribution is -2.14. The topological polar surface area (TPSA) is 70.8 Å². The van der Waals surface area contributed by atoms with Gasteiger partial charge in [-0.1, -0.05) is 6.92 Å². The summed E-state index contributed by atoms with van der Waals surface area (Å²) in [6.45, 7) is 3.68. The lowest BCUT2D eigenvalue weighted by atomic mass is 10.3. The van der Waals surface area contributed by atoms with E-state index in [1.165, 1.54) is 0 Å². The quantitative estimate of drug-likeness (QED) is 0.406. The number of Topliss-reactive ketones (excluding diaryl/α,β-unsaturated/α-hetero) is 1. The minimum atomic E-state index is 0.102. The van der Waals surface area contributed by atoms with Crippen molar-refractivity contribution < 1.29 is 19.1 Å². The minimum absolute atomic E-state index is 0.102. The smallest absolute Gasteiger partial charge is 0.158 e. The molecule has 0 radical (unpaired) electrons. The van der Waals surface area contributed by atoms with Crippen molar-refractivity contribution in [1.29, 1.82) is 0 Å². The average molecular weight is 191 g/mol. The highest BCUT2D eigenvalue weighted by molar-refractivity contribution is 5.79. The van der Waals surface area contributed by atoms with Crippen LogP contribution < -0.4 is 5.90 Å². The van der Waals surface area contributed by atoms with Gasteiger partial charge in [-0.2, -0.15) is 0 Å². The summed E-state index contributed by atoms with van der Waals surface area (Å²) in [5.74, 6) is 4.87. The third kappa shape index (κ3) is 9.42. The van der Waals surface area contributed by atoms with Gasteiger partial charge in [-0.25, -0.2) is 5.90 Å². The maximum atomic E-state index is 10.7. The fourth-order valence-electron chi connectivity index (χ4n) is 0.615. The van der Waals surface area contributed by atoms with Crippen LogP contribution in [0.1, 0.15) is 13.3 Å². The Balaban J connectivity index is 2.95. The monoisotopic (exact) mass is 191 g/mol. The van der Waals surface area contributed by atoms with Gasteiger partial charge >= 0.3 is 0 Å². The van der Waals surface area contributed by atoms with Gasteiger partial charge in [0.15, 0.2) is 5.78 Å². The molecule has 0 unspecified atom stereocenters. The van der Waals surface area contributed by atoms with Crippen molar-refractivity contribution in [2.45, 2.75) is 13.3 Å². The van der Waals surface area contributed by atoms with Crippen LogP contribution in [0, 0.1) is 0 Å². The lowest BCUT2D eigenvalue weighted by Gasteiger charge is -2.03. The maximum Gasteiger partial charge on any atom is 0.158 e. The Morgan fingerprint density at radius 2 is 1.77 bits per heavy atom. The van der Waals surface area contributed by atoms with Gasteiger partial charge in [-0.3, -0.25) is 4.79 Å². The number of hydrogen-bond donors (Lipinski definition) is 1. The molecule has 0 aromatic rings. The molecule has 2 N–H and O–H groups in total. The highest BCUT2D eigenvalue weighted by atomic mass is 16.6. The Hall–Kier alpha value is -0.490. The Labute approximate surface area is 78.1 Å². The fourth-order valence-corrected chi connectivity index (χ4v) is 0.615. The number of ether oxygens (including phenoxy) is 2. The van der Waals surface area contributed by atoms with E-state index in [1.807, 2.05) is 0 Å². The molecule has 0 atom stereocenters. The minimum Gasteiger partial charge on any atom is -0.377 e. The molecule has 5 heteroatoms. The van der Waals surface area contributed by atoms with Gasteiger partial charge < -0.3 is 14.3 Å². The number of ketones is 1. The van der Waals surface area contributed by atoms with Gasteiger partial charge in [0, 0.05) is 6.42 Å². The van der Waals surface area contributed by atoms with Crippen LogP contribution >= 0.6 is 0 Å². The highest BCUT2D eigenvalue weighted by Gasteiger charge is 1.96. The predicted octanol–water partition coefficient (Wildman–Crippen LogP) is -0.111. The molecule has 0 heterocycles. The van der Waals surface area contributed by atoms with E-state index in [0.29, 0.717) is 32.8 Å². The van der Waals surface area contributed by atoms with Crippen molar-refractivity contribution in [1.82, 2.24) is 0 Å². The van der Waals surface area contributed by atoms with Crippen molar-refractivity contribution in [3.05, 3.63) is 0 Å². The highest BCUT2D eigenvalue weighted by Crippen LogP contribution is 1.84. The van der Waals surface area contributed by atoms with E-state index in [9.17, 15) is 4.79 Å². The summed E-state index contributed by atoms with van der Waals surface area (Å²) in [5.41, 5.74) is 0. The van der Waals surface area contributed by atoms with Gasteiger partial charge in [-0.15, -0.1) is 0 Å². The third-order valence-electron chi connectivity index (χ3n) is 1.37. The van der Waals surface area contributed by atoms with Crippen LogP contribution in [0.2, 0.25) is 0 Å². The summed E-state index contributed by atoms with van der Waals surface area (Å²) >= 11 is 0.